The van der Waals surface area contributed by atoms with E-state index in [1.54, 1.807) is 31.2 Å². The third-order valence-electron chi connectivity index (χ3n) is 2.57. The minimum atomic E-state index is -0.738. The number of aliphatic hydroxyl groups is 1. The zero-order valence-electron chi connectivity index (χ0n) is 10.0. The smallest absolute Gasteiger partial charge is 0.166 e. The van der Waals surface area contributed by atoms with Crippen LogP contribution in [0.2, 0.25) is 10.0 Å². The Hall–Kier alpha value is -1.29. The van der Waals surface area contributed by atoms with Crippen molar-refractivity contribution in [1.82, 2.24) is 0 Å². The zero-order chi connectivity index (χ0) is 14.0. The van der Waals surface area contributed by atoms with Crippen LogP contribution in [-0.2, 0) is 0 Å². The van der Waals surface area contributed by atoms with Gasteiger partial charge in [0.25, 0.3) is 0 Å². The van der Waals surface area contributed by atoms with Gasteiger partial charge < -0.3 is 9.84 Å². The monoisotopic (exact) mass is 300 g/mol. The average molecular weight is 301 g/mol. The number of hydrogen-bond donors (Lipinski definition) is 1. The molecule has 100 valence electrons. The van der Waals surface area contributed by atoms with Crippen LogP contribution in [0.25, 0.3) is 0 Å². The van der Waals surface area contributed by atoms with Crippen LogP contribution in [-0.4, -0.2) is 5.11 Å². The summed E-state index contributed by atoms with van der Waals surface area (Å²) in [5.74, 6) is -0.277. The van der Waals surface area contributed by atoms with Gasteiger partial charge in [0.1, 0.15) is 10.8 Å². The van der Waals surface area contributed by atoms with Crippen LogP contribution in [0.3, 0.4) is 0 Å². The number of aliphatic hydroxyl groups excluding tert-OH is 1. The fraction of sp³-hybridized carbons (Fsp3) is 0.143. The van der Waals surface area contributed by atoms with E-state index in [-0.39, 0.29) is 16.5 Å². The Balaban J connectivity index is 2.31. The van der Waals surface area contributed by atoms with E-state index in [2.05, 4.69) is 0 Å². The van der Waals surface area contributed by atoms with Crippen molar-refractivity contribution in [2.24, 2.45) is 0 Å². The molecule has 0 aliphatic rings. The maximum atomic E-state index is 13.8. The van der Waals surface area contributed by atoms with Gasteiger partial charge in [-0.1, -0.05) is 35.3 Å². The summed E-state index contributed by atoms with van der Waals surface area (Å²) in [5, 5.41) is 9.92. The maximum Gasteiger partial charge on any atom is 0.166 e. The summed E-state index contributed by atoms with van der Waals surface area (Å²) in [4.78, 5) is 0. The molecule has 2 aromatic carbocycles. The second kappa shape index (κ2) is 5.78. The lowest BCUT2D eigenvalue weighted by Gasteiger charge is -2.11. The Morgan fingerprint density at radius 1 is 1.16 bits per heavy atom. The van der Waals surface area contributed by atoms with Gasteiger partial charge >= 0.3 is 0 Å². The van der Waals surface area contributed by atoms with Crippen molar-refractivity contribution in [1.29, 1.82) is 0 Å². The van der Waals surface area contributed by atoms with Crippen molar-refractivity contribution in [2.75, 3.05) is 0 Å². The molecule has 1 N–H and O–H groups in total. The van der Waals surface area contributed by atoms with Gasteiger partial charge in [-0.3, -0.25) is 0 Å². The number of benzene rings is 2. The summed E-state index contributed by atoms with van der Waals surface area (Å²) in [5.41, 5.74) is 0.474. The molecule has 0 aromatic heterocycles. The second-order valence-electron chi connectivity index (χ2n) is 4.02. The lowest BCUT2D eigenvalue weighted by atomic mass is 10.1. The number of halogens is 3. The summed E-state index contributed by atoms with van der Waals surface area (Å²) in [7, 11) is 0. The molecule has 2 nitrogen and oxygen atoms in total. The SMILES string of the molecule is CC(O)c1ccc(Oc2cccc(Cl)c2Cl)c(F)c1. The second-order valence-corrected chi connectivity index (χ2v) is 4.81. The molecule has 5 heteroatoms. The van der Waals surface area contributed by atoms with Gasteiger partial charge in [-0.05, 0) is 36.8 Å². The van der Waals surface area contributed by atoms with Crippen LogP contribution < -0.4 is 4.74 Å². The Morgan fingerprint density at radius 3 is 2.53 bits per heavy atom. The van der Waals surface area contributed by atoms with Crippen LogP contribution in [0.15, 0.2) is 36.4 Å². The van der Waals surface area contributed by atoms with Gasteiger partial charge in [0, 0.05) is 0 Å². The summed E-state index contributed by atoms with van der Waals surface area (Å²) in [6, 6.07) is 9.11. The Morgan fingerprint density at radius 2 is 1.89 bits per heavy atom. The molecule has 0 bridgehead atoms. The first-order valence-corrected chi connectivity index (χ1v) is 6.34. The highest BCUT2D eigenvalue weighted by Gasteiger charge is 2.11. The Labute approximate surface area is 120 Å². The average Bonchev–Trinajstić information content (AvgIpc) is 2.37. The summed E-state index contributed by atoms with van der Waals surface area (Å²) >= 11 is 11.8. The molecule has 0 spiro atoms. The molecular formula is C14H11Cl2FO2. The van der Waals surface area contributed by atoms with Gasteiger partial charge in [0.05, 0.1) is 11.1 Å². The van der Waals surface area contributed by atoms with Gasteiger partial charge in [-0.25, -0.2) is 4.39 Å². The fourth-order valence-electron chi connectivity index (χ4n) is 1.54. The summed E-state index contributed by atoms with van der Waals surface area (Å²) < 4.78 is 19.2. The quantitative estimate of drug-likeness (QED) is 0.866. The molecular weight excluding hydrogens is 290 g/mol. The third kappa shape index (κ3) is 3.18. The third-order valence-corrected chi connectivity index (χ3v) is 3.38. The normalized spacial score (nSPS) is 12.3. The van der Waals surface area contributed by atoms with E-state index in [9.17, 15) is 9.50 Å². The first-order valence-electron chi connectivity index (χ1n) is 5.58. The van der Waals surface area contributed by atoms with Gasteiger partial charge in [-0.15, -0.1) is 0 Å². The van der Waals surface area contributed by atoms with Crippen molar-refractivity contribution in [3.05, 3.63) is 57.8 Å². The zero-order valence-corrected chi connectivity index (χ0v) is 11.5. The standard InChI is InChI=1S/C14H11Cl2FO2/c1-8(18)9-5-6-12(11(17)7-9)19-13-4-2-3-10(15)14(13)16/h2-8,18H,1H3. The van der Waals surface area contributed by atoms with Crippen molar-refractivity contribution in [3.8, 4) is 11.5 Å². The van der Waals surface area contributed by atoms with Crippen LogP contribution in [0, 0.1) is 5.82 Å². The predicted octanol–water partition coefficient (Wildman–Crippen LogP) is 4.98. The lowest BCUT2D eigenvalue weighted by Crippen LogP contribution is -1.95. The molecule has 19 heavy (non-hydrogen) atoms. The van der Waals surface area contributed by atoms with Gasteiger partial charge in [0.15, 0.2) is 11.6 Å². The number of rotatable bonds is 3. The highest BCUT2D eigenvalue weighted by atomic mass is 35.5. The lowest BCUT2D eigenvalue weighted by molar-refractivity contribution is 0.198. The molecule has 0 heterocycles. The van der Waals surface area contributed by atoms with E-state index in [1.807, 2.05) is 0 Å². The van der Waals surface area contributed by atoms with E-state index in [0.717, 1.165) is 0 Å². The van der Waals surface area contributed by atoms with Crippen molar-refractivity contribution >= 4 is 23.2 Å². The molecule has 0 saturated carbocycles. The molecule has 1 unspecified atom stereocenters. The Kier molecular flexibility index (Phi) is 4.30. The summed E-state index contributed by atoms with van der Waals surface area (Å²) in [6.07, 6.45) is -0.738. The highest BCUT2D eigenvalue weighted by molar-refractivity contribution is 6.42. The van der Waals surface area contributed by atoms with Crippen LogP contribution >= 0.6 is 23.2 Å². The highest BCUT2D eigenvalue weighted by Crippen LogP contribution is 2.35. The minimum Gasteiger partial charge on any atom is -0.453 e. The largest absolute Gasteiger partial charge is 0.453 e. The van der Waals surface area contributed by atoms with Crippen molar-refractivity contribution in [3.63, 3.8) is 0 Å². The van der Waals surface area contributed by atoms with Gasteiger partial charge in [-0.2, -0.15) is 0 Å². The predicted molar refractivity (Wildman–Crippen MR) is 73.6 cm³/mol. The molecule has 0 radical (unpaired) electrons. The maximum absolute atomic E-state index is 13.8. The van der Waals surface area contributed by atoms with Gasteiger partial charge in [0.2, 0.25) is 0 Å². The van der Waals surface area contributed by atoms with Crippen LogP contribution in [0.4, 0.5) is 4.39 Å². The molecule has 0 fully saturated rings. The van der Waals surface area contributed by atoms with Crippen LogP contribution in [0.5, 0.6) is 11.5 Å². The molecule has 0 aliphatic heterocycles. The first-order chi connectivity index (χ1) is 8.99. The van der Waals surface area contributed by atoms with Crippen LogP contribution in [0.1, 0.15) is 18.6 Å². The minimum absolute atomic E-state index is 0.0218. The summed E-state index contributed by atoms with van der Waals surface area (Å²) in [6.45, 7) is 1.56. The first kappa shape index (κ1) is 14.1. The van der Waals surface area contributed by atoms with E-state index in [0.29, 0.717) is 10.6 Å². The molecule has 2 rings (SSSR count). The van der Waals surface area contributed by atoms with Crippen molar-refractivity contribution in [2.45, 2.75) is 13.0 Å². The van der Waals surface area contributed by atoms with E-state index in [4.69, 9.17) is 27.9 Å². The Bertz CT molecular complexity index is 600. The number of hydrogen-bond acceptors (Lipinski definition) is 2. The number of ether oxygens (including phenoxy) is 1. The van der Waals surface area contributed by atoms with E-state index in [1.165, 1.54) is 12.1 Å². The molecule has 2 aromatic rings. The fourth-order valence-corrected chi connectivity index (χ4v) is 1.87. The molecule has 0 amide bonds. The molecule has 1 atom stereocenters. The molecule has 0 aliphatic carbocycles. The van der Waals surface area contributed by atoms with Crippen molar-refractivity contribution < 1.29 is 14.2 Å². The van der Waals surface area contributed by atoms with E-state index >= 15 is 0 Å². The molecule has 0 saturated heterocycles. The topological polar surface area (TPSA) is 29.5 Å². The van der Waals surface area contributed by atoms with E-state index < -0.39 is 11.9 Å².